The molecule has 0 amide bonds. The first-order chi connectivity index (χ1) is 44.0. The maximum Gasteiger partial charge on any atom is 0.472 e. The summed E-state index contributed by atoms with van der Waals surface area (Å²) in [5, 5.41) is 0. The third-order valence-electron chi connectivity index (χ3n) is 17.9. The molecule has 0 aromatic heterocycles. The molecule has 0 aliphatic rings. The minimum Gasteiger partial charge on any atom is -0.462 e. The normalized spacial score (nSPS) is 13.3. The van der Waals surface area contributed by atoms with Crippen molar-refractivity contribution in [1.29, 1.82) is 0 Å². The molecule has 90 heavy (non-hydrogen) atoms. The van der Waals surface area contributed by atoms with E-state index in [2.05, 4.69) is 62.5 Å². The second-order valence-electron chi connectivity index (χ2n) is 28.1. The van der Waals surface area contributed by atoms with E-state index in [4.69, 9.17) is 18.5 Å². The standard InChI is InChI=1S/C80H152NO8P/c1-6-8-10-12-14-16-18-20-22-24-26-28-30-32-34-36-38-40-42-44-46-48-50-52-54-56-58-60-62-64-66-68-70-72-79(82)86-76-78(77-88-90(84,85)87-75-74-81(3,4)5)89-80(83)73-71-69-67-65-63-61-59-57-55-53-51-49-47-45-43-41-39-37-35-33-31-29-27-25-23-21-19-17-15-13-11-9-7-2/h9,11,15,17,21,23,27,29,78H,6-8,10,12-14,16,18-20,22,24-26,28,30-77H2,1-5H3/p+1/b11-9-,17-15-,23-21-,29-27-. The highest BCUT2D eigenvalue weighted by Crippen LogP contribution is 2.43. The number of esters is 2. The Labute approximate surface area is 560 Å². The smallest absolute Gasteiger partial charge is 0.462 e. The second kappa shape index (κ2) is 71.3. The van der Waals surface area contributed by atoms with Gasteiger partial charge >= 0.3 is 19.8 Å². The van der Waals surface area contributed by atoms with E-state index in [1.807, 2.05) is 21.1 Å². The first-order valence-electron chi connectivity index (χ1n) is 39.4. The maximum atomic E-state index is 12.9. The van der Waals surface area contributed by atoms with Gasteiger partial charge in [0.05, 0.1) is 27.7 Å². The molecule has 0 saturated carbocycles. The molecule has 0 radical (unpaired) electrons. The number of likely N-dealkylation sites (N-methyl/N-ethyl adjacent to an activating group) is 1. The van der Waals surface area contributed by atoms with E-state index in [0.717, 1.165) is 57.8 Å². The van der Waals surface area contributed by atoms with Gasteiger partial charge in [-0.1, -0.05) is 383 Å². The Balaban J connectivity index is 3.92. The van der Waals surface area contributed by atoms with Crippen molar-refractivity contribution in [3.05, 3.63) is 48.6 Å². The quantitative estimate of drug-likeness (QED) is 0.0211. The minimum absolute atomic E-state index is 0.0347. The number of quaternary nitrogens is 1. The lowest BCUT2D eigenvalue weighted by Gasteiger charge is -2.24. The van der Waals surface area contributed by atoms with Crippen LogP contribution in [-0.4, -0.2) is 74.9 Å². The Hall–Kier alpha value is -2.03. The number of carbonyl (C=O) groups is 2. The molecule has 10 heteroatoms. The van der Waals surface area contributed by atoms with Crippen molar-refractivity contribution < 1.29 is 42.1 Å². The molecule has 0 fully saturated rings. The SMILES string of the molecule is CC/C=C\C/C=C\C/C=C\C/C=C\CCCCCCCCCCCCCCCCCCCCCCC(=O)OC(COC(=O)CCCCCCCCCCCCCCCCCCCCCCCCCCCCCCCCCCC)COP(=O)(O)OCC[N+](C)(C)C. The van der Waals surface area contributed by atoms with E-state index in [1.54, 1.807) is 0 Å². The molecule has 2 unspecified atom stereocenters. The van der Waals surface area contributed by atoms with Gasteiger partial charge in [-0.25, -0.2) is 4.57 Å². The fourth-order valence-electron chi connectivity index (χ4n) is 11.9. The Morgan fingerprint density at radius 1 is 0.356 bits per heavy atom. The molecule has 0 spiro atoms. The predicted molar refractivity (Wildman–Crippen MR) is 390 cm³/mol. The number of carbonyl (C=O) groups excluding carboxylic acids is 2. The van der Waals surface area contributed by atoms with E-state index >= 15 is 0 Å². The number of allylic oxidation sites excluding steroid dienone is 8. The van der Waals surface area contributed by atoms with E-state index in [-0.39, 0.29) is 25.6 Å². The van der Waals surface area contributed by atoms with Crippen molar-refractivity contribution in [2.24, 2.45) is 0 Å². The van der Waals surface area contributed by atoms with Crippen LogP contribution in [0.25, 0.3) is 0 Å². The van der Waals surface area contributed by atoms with Crippen LogP contribution in [-0.2, 0) is 32.7 Å². The van der Waals surface area contributed by atoms with Crippen LogP contribution in [0.15, 0.2) is 48.6 Å². The summed E-state index contributed by atoms with van der Waals surface area (Å²) < 4.78 is 34.8. The van der Waals surface area contributed by atoms with Crippen molar-refractivity contribution in [3.63, 3.8) is 0 Å². The van der Waals surface area contributed by atoms with Crippen molar-refractivity contribution >= 4 is 19.8 Å². The number of phosphoric ester groups is 1. The Bertz CT molecular complexity index is 1660. The molecule has 0 heterocycles. The Morgan fingerprint density at radius 3 is 0.944 bits per heavy atom. The van der Waals surface area contributed by atoms with Gasteiger partial charge in [0.1, 0.15) is 19.8 Å². The van der Waals surface area contributed by atoms with Crippen molar-refractivity contribution in [3.8, 4) is 0 Å². The summed E-state index contributed by atoms with van der Waals surface area (Å²) in [5.41, 5.74) is 0. The lowest BCUT2D eigenvalue weighted by Crippen LogP contribution is -2.37. The molecule has 0 rings (SSSR count). The minimum atomic E-state index is -4.39. The van der Waals surface area contributed by atoms with Crippen LogP contribution >= 0.6 is 7.82 Å². The van der Waals surface area contributed by atoms with Crippen LogP contribution in [0.2, 0.25) is 0 Å². The number of hydrogen-bond acceptors (Lipinski definition) is 7. The molecule has 0 saturated heterocycles. The summed E-state index contributed by atoms with van der Waals surface area (Å²) in [7, 11) is 1.50. The van der Waals surface area contributed by atoms with Gasteiger partial charge in [0.25, 0.3) is 0 Å². The molecule has 0 aromatic carbocycles. The highest BCUT2D eigenvalue weighted by atomic mass is 31.2. The molecule has 0 aliphatic carbocycles. The molecular formula is C80H153NO8P+. The van der Waals surface area contributed by atoms with Gasteiger partial charge in [-0.05, 0) is 51.4 Å². The molecule has 1 N–H and O–H groups in total. The summed E-state index contributed by atoms with van der Waals surface area (Å²) in [5.74, 6) is -0.772. The second-order valence-corrected chi connectivity index (χ2v) is 29.5. The summed E-state index contributed by atoms with van der Waals surface area (Å²) >= 11 is 0. The molecule has 0 aliphatic heterocycles. The maximum absolute atomic E-state index is 12.9. The van der Waals surface area contributed by atoms with Crippen molar-refractivity contribution in [1.82, 2.24) is 0 Å². The number of hydrogen-bond donors (Lipinski definition) is 1. The van der Waals surface area contributed by atoms with Gasteiger partial charge < -0.3 is 18.9 Å². The summed E-state index contributed by atoms with van der Waals surface area (Å²) in [6.07, 6.45) is 94.0. The van der Waals surface area contributed by atoms with E-state index < -0.39 is 26.5 Å². The van der Waals surface area contributed by atoms with E-state index in [1.165, 1.54) is 308 Å². The molecule has 530 valence electrons. The number of phosphoric acid groups is 1. The topological polar surface area (TPSA) is 108 Å². The number of unbranched alkanes of at least 4 members (excludes halogenated alkanes) is 52. The summed E-state index contributed by atoms with van der Waals surface area (Å²) in [4.78, 5) is 36.0. The third kappa shape index (κ3) is 75.0. The summed E-state index contributed by atoms with van der Waals surface area (Å²) in [6, 6.07) is 0. The van der Waals surface area contributed by atoms with Crippen molar-refractivity contribution in [2.75, 3.05) is 47.5 Å². The lowest BCUT2D eigenvalue weighted by molar-refractivity contribution is -0.870. The zero-order chi connectivity index (χ0) is 65.5. The fraction of sp³-hybridized carbons (Fsp3) is 0.875. The molecule has 9 nitrogen and oxygen atoms in total. The number of rotatable bonds is 74. The molecule has 2 atom stereocenters. The molecule has 0 bridgehead atoms. The van der Waals surface area contributed by atoms with Crippen molar-refractivity contribution in [2.45, 2.75) is 405 Å². The summed E-state index contributed by atoms with van der Waals surface area (Å²) in [6.45, 7) is 4.40. The van der Waals surface area contributed by atoms with Crippen LogP contribution < -0.4 is 0 Å². The van der Waals surface area contributed by atoms with Crippen LogP contribution in [0.5, 0.6) is 0 Å². The fourth-order valence-corrected chi connectivity index (χ4v) is 12.6. The average Bonchev–Trinajstić information content (AvgIpc) is 3.58. The van der Waals surface area contributed by atoms with Gasteiger partial charge in [0.2, 0.25) is 0 Å². The van der Waals surface area contributed by atoms with Gasteiger partial charge in [-0.2, -0.15) is 0 Å². The lowest BCUT2D eigenvalue weighted by atomic mass is 10.0. The average molecular weight is 1290 g/mol. The zero-order valence-corrected chi connectivity index (χ0v) is 61.5. The van der Waals surface area contributed by atoms with E-state index in [9.17, 15) is 19.0 Å². The molecule has 0 aromatic rings. The van der Waals surface area contributed by atoms with Gasteiger partial charge in [-0.15, -0.1) is 0 Å². The highest BCUT2D eigenvalue weighted by Gasteiger charge is 2.27. The van der Waals surface area contributed by atoms with Crippen LogP contribution in [0, 0.1) is 0 Å². The van der Waals surface area contributed by atoms with Gasteiger partial charge in [0.15, 0.2) is 6.10 Å². The third-order valence-corrected chi connectivity index (χ3v) is 18.9. The largest absolute Gasteiger partial charge is 0.472 e. The predicted octanol–water partition coefficient (Wildman–Crippen LogP) is 26.0. The molecular weight excluding hydrogens is 1130 g/mol. The highest BCUT2D eigenvalue weighted by molar-refractivity contribution is 7.47. The van der Waals surface area contributed by atoms with Gasteiger partial charge in [0, 0.05) is 12.8 Å². The first-order valence-corrected chi connectivity index (χ1v) is 40.9. The van der Waals surface area contributed by atoms with Crippen LogP contribution in [0.3, 0.4) is 0 Å². The van der Waals surface area contributed by atoms with Crippen LogP contribution in [0.1, 0.15) is 399 Å². The van der Waals surface area contributed by atoms with E-state index in [0.29, 0.717) is 23.9 Å². The Morgan fingerprint density at radius 2 is 0.633 bits per heavy atom. The monoisotopic (exact) mass is 1290 g/mol. The number of ether oxygens (including phenoxy) is 2. The van der Waals surface area contributed by atoms with Crippen LogP contribution in [0.4, 0.5) is 0 Å². The first kappa shape index (κ1) is 88.0. The Kier molecular flexibility index (Phi) is 69.7. The number of nitrogens with zero attached hydrogens (tertiary/aromatic N) is 1. The van der Waals surface area contributed by atoms with Gasteiger partial charge in [-0.3, -0.25) is 18.6 Å². The zero-order valence-electron chi connectivity index (χ0n) is 60.7.